The van der Waals surface area contributed by atoms with Gasteiger partial charge >= 0.3 is 6.09 Å². The molecule has 128 valence electrons. The van der Waals surface area contributed by atoms with Crippen LogP contribution in [0.2, 0.25) is 0 Å². The molecule has 3 rings (SSSR count). The van der Waals surface area contributed by atoms with Gasteiger partial charge in [-0.05, 0) is 29.8 Å². The van der Waals surface area contributed by atoms with E-state index in [9.17, 15) is 4.79 Å². The Labute approximate surface area is 144 Å². The second kappa shape index (κ2) is 7.96. The molecular formula is C18H17N3O4. The minimum atomic E-state index is -0.548. The lowest BCUT2D eigenvalue weighted by Crippen LogP contribution is -2.23. The quantitative estimate of drug-likeness (QED) is 0.742. The maximum atomic E-state index is 11.7. The van der Waals surface area contributed by atoms with Crippen molar-refractivity contribution in [1.82, 2.24) is 15.5 Å². The van der Waals surface area contributed by atoms with Gasteiger partial charge in [0.1, 0.15) is 12.4 Å². The summed E-state index contributed by atoms with van der Waals surface area (Å²) >= 11 is 0. The van der Waals surface area contributed by atoms with E-state index in [1.54, 1.807) is 19.2 Å². The zero-order chi connectivity index (χ0) is 17.5. The molecule has 1 amide bonds. The molecule has 7 heteroatoms. The minimum Gasteiger partial charge on any atom is -0.497 e. The Morgan fingerprint density at radius 3 is 2.56 bits per heavy atom. The van der Waals surface area contributed by atoms with Crippen molar-refractivity contribution in [1.29, 1.82) is 0 Å². The number of nitrogens with zero attached hydrogens (tertiary/aromatic N) is 2. The van der Waals surface area contributed by atoms with Crippen LogP contribution in [0.15, 0.2) is 59.0 Å². The molecule has 1 aromatic heterocycles. The summed E-state index contributed by atoms with van der Waals surface area (Å²) in [6.45, 7) is 0.296. The van der Waals surface area contributed by atoms with Crippen LogP contribution in [0.25, 0.3) is 11.5 Å². The van der Waals surface area contributed by atoms with Gasteiger partial charge < -0.3 is 19.2 Å². The van der Waals surface area contributed by atoms with E-state index in [0.29, 0.717) is 11.8 Å². The first-order chi connectivity index (χ1) is 12.2. The van der Waals surface area contributed by atoms with Gasteiger partial charge in [-0.1, -0.05) is 30.3 Å². The maximum Gasteiger partial charge on any atom is 0.407 e. The maximum absolute atomic E-state index is 11.7. The smallest absolute Gasteiger partial charge is 0.407 e. The molecule has 0 aliphatic carbocycles. The van der Waals surface area contributed by atoms with E-state index in [2.05, 4.69) is 15.5 Å². The Kier molecular flexibility index (Phi) is 5.26. The standard InChI is InChI=1S/C18H17N3O4/c1-23-15-9-7-14(8-10-15)17-21-20-16(25-17)11-19-18(22)24-12-13-5-3-2-4-6-13/h2-10H,11-12H2,1H3,(H,19,22). The van der Waals surface area contributed by atoms with Crippen LogP contribution in [-0.2, 0) is 17.9 Å². The lowest BCUT2D eigenvalue weighted by Gasteiger charge is -2.05. The van der Waals surface area contributed by atoms with Crippen LogP contribution < -0.4 is 10.1 Å². The van der Waals surface area contributed by atoms with Crippen molar-refractivity contribution in [2.45, 2.75) is 13.2 Å². The van der Waals surface area contributed by atoms with Crippen molar-refractivity contribution in [2.24, 2.45) is 0 Å². The van der Waals surface area contributed by atoms with E-state index in [4.69, 9.17) is 13.9 Å². The molecule has 0 aliphatic rings. The van der Waals surface area contributed by atoms with Crippen LogP contribution in [-0.4, -0.2) is 23.4 Å². The number of methoxy groups -OCH3 is 1. The zero-order valence-corrected chi connectivity index (χ0v) is 13.6. The lowest BCUT2D eigenvalue weighted by molar-refractivity contribution is 0.138. The first-order valence-corrected chi connectivity index (χ1v) is 7.66. The van der Waals surface area contributed by atoms with E-state index >= 15 is 0 Å². The average molecular weight is 339 g/mol. The number of rotatable bonds is 6. The molecule has 1 heterocycles. The van der Waals surface area contributed by atoms with Crippen molar-refractivity contribution in [3.8, 4) is 17.2 Å². The number of benzene rings is 2. The van der Waals surface area contributed by atoms with E-state index in [-0.39, 0.29) is 13.2 Å². The molecule has 0 bridgehead atoms. The van der Waals surface area contributed by atoms with Gasteiger partial charge in [0, 0.05) is 5.56 Å². The van der Waals surface area contributed by atoms with Crippen molar-refractivity contribution < 1.29 is 18.7 Å². The van der Waals surface area contributed by atoms with Crippen LogP contribution >= 0.6 is 0 Å². The van der Waals surface area contributed by atoms with E-state index in [1.165, 1.54) is 0 Å². The second-order valence-corrected chi connectivity index (χ2v) is 5.14. The van der Waals surface area contributed by atoms with E-state index < -0.39 is 6.09 Å². The lowest BCUT2D eigenvalue weighted by atomic mass is 10.2. The molecule has 2 aromatic carbocycles. The third-order valence-corrected chi connectivity index (χ3v) is 3.40. The van der Waals surface area contributed by atoms with Gasteiger partial charge in [-0.3, -0.25) is 0 Å². The summed E-state index contributed by atoms with van der Waals surface area (Å²) in [4.78, 5) is 11.7. The zero-order valence-electron chi connectivity index (χ0n) is 13.6. The fraction of sp³-hybridized carbons (Fsp3) is 0.167. The molecule has 0 saturated heterocycles. The number of alkyl carbamates (subject to hydrolysis) is 1. The molecule has 25 heavy (non-hydrogen) atoms. The minimum absolute atomic E-state index is 0.0940. The summed E-state index contributed by atoms with van der Waals surface area (Å²) in [6, 6.07) is 16.7. The van der Waals surface area contributed by atoms with Gasteiger partial charge in [0.2, 0.25) is 11.8 Å². The Balaban J connectivity index is 1.50. The van der Waals surface area contributed by atoms with Gasteiger partial charge in [0.25, 0.3) is 0 Å². The molecular weight excluding hydrogens is 322 g/mol. The summed E-state index contributed by atoms with van der Waals surface area (Å²) in [5, 5.41) is 10.4. The molecule has 3 aromatic rings. The number of ether oxygens (including phenoxy) is 2. The number of aromatic nitrogens is 2. The highest BCUT2D eigenvalue weighted by atomic mass is 16.5. The summed E-state index contributed by atoms with van der Waals surface area (Å²) in [6.07, 6.45) is -0.548. The van der Waals surface area contributed by atoms with Crippen molar-refractivity contribution in [2.75, 3.05) is 7.11 Å². The predicted molar refractivity (Wildman–Crippen MR) is 89.8 cm³/mol. The van der Waals surface area contributed by atoms with E-state index in [1.807, 2.05) is 42.5 Å². The fourth-order valence-corrected chi connectivity index (χ4v) is 2.10. The van der Waals surface area contributed by atoms with Gasteiger partial charge in [-0.2, -0.15) is 0 Å². The highest BCUT2D eigenvalue weighted by Gasteiger charge is 2.10. The number of hydrogen-bond donors (Lipinski definition) is 1. The first kappa shape index (κ1) is 16.5. The number of carbonyl (C=O) groups excluding carboxylic acids is 1. The SMILES string of the molecule is COc1ccc(-c2nnc(CNC(=O)OCc3ccccc3)o2)cc1. The topological polar surface area (TPSA) is 86.5 Å². The summed E-state index contributed by atoms with van der Waals surface area (Å²) < 4.78 is 15.7. The number of carbonyl (C=O) groups is 1. The van der Waals surface area contributed by atoms with Crippen molar-refractivity contribution >= 4 is 6.09 Å². The second-order valence-electron chi connectivity index (χ2n) is 5.14. The van der Waals surface area contributed by atoms with Gasteiger partial charge in [0.15, 0.2) is 0 Å². The van der Waals surface area contributed by atoms with Crippen molar-refractivity contribution in [3.05, 3.63) is 66.1 Å². The molecule has 0 radical (unpaired) electrons. The predicted octanol–water partition coefficient (Wildman–Crippen LogP) is 3.17. The molecule has 0 unspecified atom stereocenters. The normalized spacial score (nSPS) is 10.3. The molecule has 0 spiro atoms. The summed E-state index contributed by atoms with van der Waals surface area (Å²) in [5.41, 5.74) is 1.68. The highest BCUT2D eigenvalue weighted by Crippen LogP contribution is 2.21. The Hall–Kier alpha value is -3.35. The number of hydrogen-bond acceptors (Lipinski definition) is 6. The highest BCUT2D eigenvalue weighted by molar-refractivity contribution is 5.67. The molecule has 0 aliphatic heterocycles. The van der Waals surface area contributed by atoms with Crippen molar-refractivity contribution in [3.63, 3.8) is 0 Å². The monoisotopic (exact) mass is 339 g/mol. The molecule has 0 saturated carbocycles. The summed E-state index contributed by atoms with van der Waals surface area (Å²) in [5.74, 6) is 1.41. The van der Waals surface area contributed by atoms with Crippen LogP contribution in [0.5, 0.6) is 5.75 Å². The third-order valence-electron chi connectivity index (χ3n) is 3.40. The molecule has 7 nitrogen and oxygen atoms in total. The summed E-state index contributed by atoms with van der Waals surface area (Å²) in [7, 11) is 1.60. The molecule has 1 N–H and O–H groups in total. The number of nitrogens with one attached hydrogen (secondary N) is 1. The van der Waals surface area contributed by atoms with Crippen LogP contribution in [0.4, 0.5) is 4.79 Å². The molecule has 0 fully saturated rings. The number of amides is 1. The van der Waals surface area contributed by atoms with Crippen LogP contribution in [0.3, 0.4) is 0 Å². The third kappa shape index (κ3) is 4.57. The van der Waals surface area contributed by atoms with Crippen LogP contribution in [0, 0.1) is 0 Å². The van der Waals surface area contributed by atoms with Gasteiger partial charge in [0.05, 0.1) is 13.7 Å². The Morgan fingerprint density at radius 2 is 1.84 bits per heavy atom. The van der Waals surface area contributed by atoms with Gasteiger partial charge in [-0.25, -0.2) is 4.79 Å². The van der Waals surface area contributed by atoms with Crippen LogP contribution in [0.1, 0.15) is 11.5 Å². The Morgan fingerprint density at radius 1 is 1.08 bits per heavy atom. The Bertz CT molecular complexity index is 816. The van der Waals surface area contributed by atoms with E-state index in [0.717, 1.165) is 16.9 Å². The molecule has 0 atom stereocenters. The fourth-order valence-electron chi connectivity index (χ4n) is 2.10. The van der Waals surface area contributed by atoms with Gasteiger partial charge in [-0.15, -0.1) is 10.2 Å². The average Bonchev–Trinajstić information content (AvgIpc) is 3.14. The first-order valence-electron chi connectivity index (χ1n) is 7.66. The largest absolute Gasteiger partial charge is 0.497 e.